The van der Waals surface area contributed by atoms with Crippen LogP contribution in [0.3, 0.4) is 0 Å². The number of nitrogens with zero attached hydrogens (tertiary/aromatic N) is 1. The Morgan fingerprint density at radius 1 is 1.17 bits per heavy atom. The molecule has 1 unspecified atom stereocenters. The van der Waals surface area contributed by atoms with Gasteiger partial charge >= 0.3 is 147 Å². The van der Waals surface area contributed by atoms with E-state index in [0.29, 0.717) is 4.46 Å². The number of hydrogen-bond donors (Lipinski definition) is 1. The molecule has 126 valence electrons. The van der Waals surface area contributed by atoms with Crippen LogP contribution in [-0.4, -0.2) is 31.8 Å². The van der Waals surface area contributed by atoms with Crippen LogP contribution >= 0.6 is 0 Å². The van der Waals surface area contributed by atoms with E-state index in [0.717, 1.165) is 12.0 Å². The first-order valence-electron chi connectivity index (χ1n) is 7.78. The van der Waals surface area contributed by atoms with Crippen molar-refractivity contribution in [1.82, 2.24) is 5.32 Å². The molecule has 2 aromatic carbocycles. The third-order valence-electron chi connectivity index (χ3n) is 3.65. The fraction of sp³-hybridized carbons (Fsp3) is 0.278. The van der Waals surface area contributed by atoms with E-state index in [4.69, 9.17) is 0 Å². The fourth-order valence-electron chi connectivity index (χ4n) is 2.16. The van der Waals surface area contributed by atoms with Crippen LogP contribution in [0.15, 0.2) is 54.6 Å². The second-order valence-corrected chi connectivity index (χ2v) is 7.86. The van der Waals surface area contributed by atoms with Gasteiger partial charge in [0, 0.05) is 0 Å². The summed E-state index contributed by atoms with van der Waals surface area (Å²) in [6.07, 6.45) is 0.839. The van der Waals surface area contributed by atoms with E-state index in [2.05, 4.69) is 5.32 Å². The Morgan fingerprint density at radius 2 is 1.79 bits per heavy atom. The molecule has 2 rings (SSSR count). The van der Waals surface area contributed by atoms with Crippen LogP contribution in [0.1, 0.15) is 30.6 Å². The minimum atomic E-state index is -0.395. The SMILES string of the molecule is CCC(C)NC(=O)[C@H]([Se]c1ccccc1[N+](=O)[O-])c1ccccc1. The van der Waals surface area contributed by atoms with Crippen LogP contribution in [0.2, 0.25) is 0 Å². The average molecular weight is 391 g/mol. The Bertz CT molecular complexity index is 706. The van der Waals surface area contributed by atoms with Gasteiger partial charge in [-0.25, -0.2) is 0 Å². The molecular weight excluding hydrogens is 371 g/mol. The number of carbonyl (C=O) groups is 1. The topological polar surface area (TPSA) is 72.2 Å². The van der Waals surface area contributed by atoms with Crippen LogP contribution in [0.4, 0.5) is 5.69 Å². The van der Waals surface area contributed by atoms with Crippen LogP contribution in [0.5, 0.6) is 0 Å². The molecule has 0 aliphatic heterocycles. The van der Waals surface area contributed by atoms with Crippen molar-refractivity contribution in [2.24, 2.45) is 0 Å². The molecule has 0 heterocycles. The number of benzene rings is 2. The van der Waals surface area contributed by atoms with Gasteiger partial charge < -0.3 is 0 Å². The van der Waals surface area contributed by atoms with Gasteiger partial charge in [0.15, 0.2) is 0 Å². The molecule has 0 fully saturated rings. The van der Waals surface area contributed by atoms with Gasteiger partial charge in [0.2, 0.25) is 0 Å². The number of nitro groups is 1. The Kier molecular flexibility index (Phi) is 6.52. The first-order valence-corrected chi connectivity index (χ1v) is 9.63. The number of hydrogen-bond acceptors (Lipinski definition) is 3. The third kappa shape index (κ3) is 4.66. The predicted octanol–water partition coefficient (Wildman–Crippen LogP) is 2.58. The Morgan fingerprint density at radius 3 is 2.42 bits per heavy atom. The average Bonchev–Trinajstić information content (AvgIpc) is 2.60. The number of para-hydroxylation sites is 1. The van der Waals surface area contributed by atoms with Gasteiger partial charge in [-0.1, -0.05) is 0 Å². The van der Waals surface area contributed by atoms with Crippen molar-refractivity contribution >= 4 is 31.0 Å². The summed E-state index contributed by atoms with van der Waals surface area (Å²) in [6, 6.07) is 16.2. The summed E-state index contributed by atoms with van der Waals surface area (Å²) in [7, 11) is 0. The molecule has 6 heteroatoms. The van der Waals surface area contributed by atoms with E-state index in [-0.39, 0.29) is 37.5 Å². The molecule has 1 N–H and O–H groups in total. The van der Waals surface area contributed by atoms with Gasteiger partial charge in [0.05, 0.1) is 0 Å². The minimum absolute atomic E-state index is 0.0743. The summed E-state index contributed by atoms with van der Waals surface area (Å²) in [5, 5.41) is 14.3. The molecule has 0 aliphatic carbocycles. The number of amides is 1. The van der Waals surface area contributed by atoms with E-state index in [1.54, 1.807) is 18.2 Å². The zero-order chi connectivity index (χ0) is 17.5. The maximum atomic E-state index is 12.7. The van der Waals surface area contributed by atoms with Gasteiger partial charge in [-0.3, -0.25) is 0 Å². The first-order chi connectivity index (χ1) is 11.5. The zero-order valence-corrected chi connectivity index (χ0v) is 15.4. The van der Waals surface area contributed by atoms with Crippen molar-refractivity contribution < 1.29 is 9.72 Å². The van der Waals surface area contributed by atoms with E-state index >= 15 is 0 Å². The molecule has 2 atom stereocenters. The number of carbonyl (C=O) groups excluding carboxylic acids is 1. The molecule has 0 saturated heterocycles. The number of nitrogens with one attached hydrogen (secondary N) is 1. The zero-order valence-electron chi connectivity index (χ0n) is 13.6. The Balaban J connectivity index is 2.34. The molecule has 0 aliphatic rings. The first kappa shape index (κ1) is 18.2. The molecule has 0 bridgehead atoms. The predicted molar refractivity (Wildman–Crippen MR) is 95.6 cm³/mol. The summed E-state index contributed by atoms with van der Waals surface area (Å²) in [4.78, 5) is 23.2. The van der Waals surface area contributed by atoms with Gasteiger partial charge in [-0.2, -0.15) is 0 Å². The normalized spacial score (nSPS) is 13.1. The van der Waals surface area contributed by atoms with E-state index in [1.165, 1.54) is 6.07 Å². The monoisotopic (exact) mass is 392 g/mol. The van der Waals surface area contributed by atoms with E-state index in [9.17, 15) is 14.9 Å². The molecule has 5 nitrogen and oxygen atoms in total. The number of nitro benzene ring substituents is 1. The van der Waals surface area contributed by atoms with Crippen molar-refractivity contribution in [1.29, 1.82) is 0 Å². The summed E-state index contributed by atoms with van der Waals surface area (Å²) < 4.78 is 0.628. The second kappa shape index (κ2) is 8.62. The molecule has 1 amide bonds. The summed E-state index contributed by atoms with van der Waals surface area (Å²) >= 11 is -0.386. The summed E-state index contributed by atoms with van der Waals surface area (Å²) in [5.74, 6) is -0.0753. The standard InChI is InChI=1S/C18H20N2O3Se/c1-3-13(2)19-18(21)17(14-9-5-4-6-10-14)24-16-12-8-7-11-15(16)20(22)23/h4-13,17H,3H2,1-2H3,(H,19,21)/t13?,17-/m1/s1. The van der Waals surface area contributed by atoms with Gasteiger partial charge in [-0.05, 0) is 0 Å². The van der Waals surface area contributed by atoms with Crippen LogP contribution in [0, 0.1) is 10.1 Å². The van der Waals surface area contributed by atoms with Crippen LogP contribution in [0.25, 0.3) is 0 Å². The third-order valence-corrected chi connectivity index (χ3v) is 6.42. The number of rotatable bonds is 7. The van der Waals surface area contributed by atoms with Crippen molar-refractivity contribution in [2.75, 3.05) is 0 Å². The molecule has 0 spiro atoms. The fourth-order valence-corrected chi connectivity index (χ4v) is 4.55. The molecule has 0 aromatic heterocycles. The second-order valence-electron chi connectivity index (χ2n) is 5.45. The Hall–Kier alpha value is -2.17. The van der Waals surface area contributed by atoms with Crippen molar-refractivity contribution in [3.05, 3.63) is 70.3 Å². The molecule has 0 radical (unpaired) electrons. The summed E-state index contributed by atoms with van der Waals surface area (Å²) in [6.45, 7) is 3.97. The van der Waals surface area contributed by atoms with Gasteiger partial charge in [-0.15, -0.1) is 0 Å². The van der Waals surface area contributed by atoms with Crippen molar-refractivity contribution in [3.63, 3.8) is 0 Å². The maximum absolute atomic E-state index is 12.7. The van der Waals surface area contributed by atoms with Gasteiger partial charge in [0.1, 0.15) is 0 Å². The summed E-state index contributed by atoms with van der Waals surface area (Å²) in [5.41, 5.74) is 0.964. The quantitative estimate of drug-likeness (QED) is 0.448. The van der Waals surface area contributed by atoms with Crippen molar-refractivity contribution in [2.45, 2.75) is 31.1 Å². The van der Waals surface area contributed by atoms with Gasteiger partial charge in [0.25, 0.3) is 0 Å². The van der Waals surface area contributed by atoms with Crippen LogP contribution < -0.4 is 9.78 Å². The van der Waals surface area contributed by atoms with E-state index < -0.39 is 4.82 Å². The Labute approximate surface area is 147 Å². The van der Waals surface area contributed by atoms with Crippen molar-refractivity contribution in [3.8, 4) is 0 Å². The van der Waals surface area contributed by atoms with Crippen LogP contribution in [-0.2, 0) is 4.79 Å². The molecule has 24 heavy (non-hydrogen) atoms. The molecule has 0 saturated carbocycles. The molecule has 2 aromatic rings. The van der Waals surface area contributed by atoms with E-state index in [1.807, 2.05) is 44.2 Å². The molecular formula is C18H20N2O3Se.